The third-order valence-corrected chi connectivity index (χ3v) is 7.45. The van der Waals surface area contributed by atoms with Crippen LogP contribution in [-0.4, -0.2) is 37.7 Å². The minimum Gasteiger partial charge on any atom is -0.313 e. The predicted octanol–water partition coefficient (Wildman–Crippen LogP) is 5.84. The molecule has 2 heterocycles. The Balaban J connectivity index is 1.91. The molecule has 2 aliphatic heterocycles. The van der Waals surface area contributed by atoms with Gasteiger partial charge in [0.05, 0.1) is 27.0 Å². The fourth-order valence-electron chi connectivity index (χ4n) is 4.03. The van der Waals surface area contributed by atoms with Crippen molar-refractivity contribution in [3.63, 3.8) is 0 Å². The number of aliphatic imine (C=N–C) groups is 1. The Morgan fingerprint density at radius 3 is 2.44 bits per heavy atom. The zero-order valence-electron chi connectivity index (χ0n) is 19.2. The molecule has 194 valence electrons. The van der Waals surface area contributed by atoms with E-state index in [1.807, 2.05) is 0 Å². The predicted molar refractivity (Wildman–Crippen MR) is 121 cm³/mol. The quantitative estimate of drug-likeness (QED) is 0.342. The second kappa shape index (κ2) is 9.72. The maximum Gasteiger partial charge on any atom is 0.429 e. The number of hydrogen-bond acceptors (Lipinski definition) is 4. The molecule has 0 fully saturated rings. The van der Waals surface area contributed by atoms with E-state index in [2.05, 4.69) is 11.6 Å². The van der Waals surface area contributed by atoms with Gasteiger partial charge in [-0.05, 0) is 49.6 Å². The van der Waals surface area contributed by atoms with Crippen molar-refractivity contribution in [2.45, 2.75) is 37.5 Å². The Hall–Kier alpha value is -3.15. The Labute approximate surface area is 204 Å². The number of carbonyl (C=O) groups excluding carboxylic acids is 1. The highest BCUT2D eigenvalue weighted by Crippen LogP contribution is 2.40. The van der Waals surface area contributed by atoms with Crippen LogP contribution in [0.4, 0.5) is 26.3 Å². The second-order valence-corrected chi connectivity index (χ2v) is 10.5. The van der Waals surface area contributed by atoms with Gasteiger partial charge in [0.2, 0.25) is 15.7 Å². The molecule has 2 aliphatic rings. The summed E-state index contributed by atoms with van der Waals surface area (Å²) in [7, 11) is -4.39. The summed E-state index contributed by atoms with van der Waals surface area (Å²) in [4.78, 5) is 16.7. The fraction of sp³-hybridized carbons (Fsp3) is 0.333. The third kappa shape index (κ3) is 5.63. The summed E-state index contributed by atoms with van der Waals surface area (Å²) in [5, 5.41) is 0. The van der Waals surface area contributed by atoms with Crippen molar-refractivity contribution in [2.75, 3.05) is 6.54 Å². The first kappa shape index (κ1) is 27.4. The van der Waals surface area contributed by atoms with Gasteiger partial charge in [0.1, 0.15) is 5.71 Å². The number of benzene rings is 1. The van der Waals surface area contributed by atoms with Crippen molar-refractivity contribution in [3.05, 3.63) is 77.0 Å². The Morgan fingerprint density at radius 2 is 1.86 bits per heavy atom. The largest absolute Gasteiger partial charge is 0.429 e. The van der Waals surface area contributed by atoms with Gasteiger partial charge in [-0.2, -0.15) is 26.3 Å². The molecule has 0 radical (unpaired) electrons. The minimum absolute atomic E-state index is 0.0164. The maximum absolute atomic E-state index is 13.1. The minimum atomic E-state index is -4.74. The van der Waals surface area contributed by atoms with Crippen molar-refractivity contribution in [1.29, 1.82) is 0 Å². The third-order valence-electron chi connectivity index (χ3n) is 5.70. The van der Waals surface area contributed by atoms with Gasteiger partial charge in [-0.15, -0.1) is 0 Å². The molecular formula is C24H22F6N2O3S. The molecule has 0 aliphatic carbocycles. The molecule has 12 heteroatoms. The monoisotopic (exact) mass is 532 g/mol. The normalized spacial score (nSPS) is 21.8. The van der Waals surface area contributed by atoms with E-state index < -0.39 is 62.5 Å². The van der Waals surface area contributed by atoms with E-state index >= 15 is 0 Å². The lowest BCUT2D eigenvalue weighted by atomic mass is 9.85. The lowest BCUT2D eigenvalue weighted by Crippen LogP contribution is -2.36. The molecule has 1 aromatic rings. The van der Waals surface area contributed by atoms with Crippen LogP contribution < -0.4 is 0 Å². The van der Waals surface area contributed by atoms with Crippen LogP contribution in [0.15, 0.2) is 81.3 Å². The second-order valence-electron chi connectivity index (χ2n) is 8.56. The number of nitrogens with zero attached hydrogens (tertiary/aromatic N) is 2. The highest BCUT2D eigenvalue weighted by atomic mass is 32.2. The lowest BCUT2D eigenvalue weighted by Gasteiger charge is -2.26. The lowest BCUT2D eigenvalue weighted by molar-refractivity contribution is -0.137. The van der Waals surface area contributed by atoms with E-state index in [0.717, 1.165) is 35.3 Å². The van der Waals surface area contributed by atoms with Gasteiger partial charge < -0.3 is 4.90 Å². The number of carbonyl (C=O) groups is 1. The molecule has 1 aromatic carbocycles. The summed E-state index contributed by atoms with van der Waals surface area (Å²) >= 11 is 0. The van der Waals surface area contributed by atoms with Crippen LogP contribution in [-0.2, 0) is 20.8 Å². The first-order valence-corrected chi connectivity index (χ1v) is 12.1. The van der Waals surface area contributed by atoms with Crippen LogP contribution in [0.1, 0.15) is 25.8 Å². The van der Waals surface area contributed by atoms with Crippen LogP contribution in [0.5, 0.6) is 0 Å². The number of sulfone groups is 1. The topological polar surface area (TPSA) is 66.8 Å². The molecule has 0 bridgehead atoms. The average molecular weight is 533 g/mol. The molecule has 36 heavy (non-hydrogen) atoms. The smallest absolute Gasteiger partial charge is 0.313 e. The molecular weight excluding hydrogens is 510 g/mol. The molecule has 2 atom stereocenters. The van der Waals surface area contributed by atoms with Crippen LogP contribution in [0.2, 0.25) is 0 Å². The average Bonchev–Trinajstić information content (AvgIpc) is 3.07. The van der Waals surface area contributed by atoms with Gasteiger partial charge in [0, 0.05) is 12.7 Å². The zero-order chi connectivity index (χ0) is 27.1. The number of amides is 1. The Bertz CT molecular complexity index is 1300. The highest BCUT2D eigenvalue weighted by molar-refractivity contribution is 7.95. The molecule has 3 rings (SSSR count). The summed E-state index contributed by atoms with van der Waals surface area (Å²) in [6, 6.07) is 3.27. The van der Waals surface area contributed by atoms with Crippen LogP contribution in [0.25, 0.3) is 0 Å². The number of hydrogen-bond donors (Lipinski definition) is 0. The number of rotatable bonds is 6. The summed E-state index contributed by atoms with van der Waals surface area (Å²) in [6.45, 7) is 6.29. The molecule has 0 saturated carbocycles. The fourth-order valence-corrected chi connectivity index (χ4v) is 5.48. The summed E-state index contributed by atoms with van der Waals surface area (Å²) in [5.41, 5.74) is -1.80. The Morgan fingerprint density at radius 1 is 1.19 bits per heavy atom. The van der Waals surface area contributed by atoms with Crippen molar-refractivity contribution >= 4 is 21.5 Å². The van der Waals surface area contributed by atoms with E-state index in [0.29, 0.717) is 11.6 Å². The van der Waals surface area contributed by atoms with Gasteiger partial charge in [0.25, 0.3) is 0 Å². The summed E-state index contributed by atoms with van der Waals surface area (Å²) in [5.74, 6) is -1.95. The molecule has 0 spiro atoms. The van der Waals surface area contributed by atoms with Crippen LogP contribution in [0, 0.1) is 11.8 Å². The zero-order valence-corrected chi connectivity index (χ0v) is 20.0. The first-order chi connectivity index (χ1) is 16.6. The standard InChI is InChI=1S/C24H22F6N2O3S/c1-4-6-17(36(34,35)18-8-5-7-16(11-18)23(25,26)27)9-14(2)12-32-13-19-21(22(32)33)15(3)10-20(31-19)24(28,29)30/h4-9,11,13,15,21H,1,10,12H2,2-3H3. The summed E-state index contributed by atoms with van der Waals surface area (Å²) in [6.07, 6.45) is -5.12. The van der Waals surface area contributed by atoms with Crippen molar-refractivity contribution < 1.29 is 39.6 Å². The van der Waals surface area contributed by atoms with Gasteiger partial charge in [-0.25, -0.2) is 8.42 Å². The van der Waals surface area contributed by atoms with Crippen molar-refractivity contribution in [2.24, 2.45) is 16.8 Å². The van der Waals surface area contributed by atoms with Gasteiger partial charge in [-0.1, -0.05) is 31.2 Å². The Kier molecular flexibility index (Phi) is 7.41. The molecule has 5 nitrogen and oxygen atoms in total. The van der Waals surface area contributed by atoms with E-state index in [1.165, 1.54) is 26.1 Å². The molecule has 2 unspecified atom stereocenters. The number of allylic oxidation sites excluding steroid dienone is 3. The van der Waals surface area contributed by atoms with Gasteiger partial charge in [0.15, 0.2) is 0 Å². The van der Waals surface area contributed by atoms with Gasteiger partial charge >= 0.3 is 12.4 Å². The summed E-state index contributed by atoms with van der Waals surface area (Å²) < 4.78 is 105. The van der Waals surface area contributed by atoms with E-state index in [-0.39, 0.29) is 17.1 Å². The SMILES string of the molecule is C=CC=C(C=C(C)CN1C=C2N=C(C(F)(F)F)CC(C)C2C1=O)S(=O)(=O)c1cccc(C(F)(F)F)c1. The van der Waals surface area contributed by atoms with Crippen LogP contribution in [0.3, 0.4) is 0 Å². The highest BCUT2D eigenvalue weighted by Gasteiger charge is 2.46. The molecule has 0 saturated heterocycles. The van der Waals surface area contributed by atoms with Gasteiger partial charge in [-0.3, -0.25) is 9.79 Å². The van der Waals surface area contributed by atoms with E-state index in [9.17, 15) is 39.6 Å². The molecule has 0 N–H and O–H groups in total. The molecule has 1 amide bonds. The van der Waals surface area contributed by atoms with Crippen molar-refractivity contribution in [1.82, 2.24) is 4.90 Å². The molecule has 0 aromatic heterocycles. The van der Waals surface area contributed by atoms with Crippen LogP contribution >= 0.6 is 0 Å². The maximum atomic E-state index is 13.1. The number of halogens is 6. The first-order valence-electron chi connectivity index (χ1n) is 10.6. The van der Waals surface area contributed by atoms with Crippen molar-refractivity contribution in [3.8, 4) is 0 Å². The number of fused-ring (bicyclic) bond motifs is 1. The number of alkyl halides is 6. The van der Waals surface area contributed by atoms with E-state index in [4.69, 9.17) is 0 Å². The van der Waals surface area contributed by atoms with E-state index in [1.54, 1.807) is 0 Å².